The first kappa shape index (κ1) is 28.3. The number of aliphatic carboxylic acids is 1. The van der Waals surface area contributed by atoms with Crippen LogP contribution >= 0.6 is 15.9 Å². The van der Waals surface area contributed by atoms with E-state index in [0.717, 1.165) is 9.21 Å². The van der Waals surface area contributed by atoms with E-state index in [0.29, 0.717) is 28.4 Å². The molecule has 1 atom stereocenters. The summed E-state index contributed by atoms with van der Waals surface area (Å²) in [7, 11) is -3.92. The van der Waals surface area contributed by atoms with E-state index < -0.39 is 46.0 Å². The van der Waals surface area contributed by atoms with Gasteiger partial charge < -0.3 is 15.7 Å². The molecule has 0 radical (unpaired) electrons. The van der Waals surface area contributed by atoms with Gasteiger partial charge in [-0.05, 0) is 30.2 Å². The highest BCUT2D eigenvalue weighted by molar-refractivity contribution is 9.10. The van der Waals surface area contributed by atoms with Crippen LogP contribution in [0.5, 0.6) is 0 Å². The second-order valence-corrected chi connectivity index (χ2v) is 11.1. The quantitative estimate of drug-likeness (QED) is 0.356. The Kier molecular flexibility index (Phi) is 8.72. The molecule has 37 heavy (non-hydrogen) atoms. The third-order valence-corrected chi connectivity index (χ3v) is 8.20. The number of carboxylic acids is 1. The molecule has 198 valence electrons. The lowest BCUT2D eigenvalue weighted by Gasteiger charge is -2.42. The zero-order valence-electron chi connectivity index (χ0n) is 20.0. The fraction of sp³-hybridized carbons (Fsp3) is 0.333. The molecule has 1 fully saturated rings. The topological polar surface area (TPSA) is 167 Å². The first-order chi connectivity index (χ1) is 17.4. The summed E-state index contributed by atoms with van der Waals surface area (Å²) in [5.41, 5.74) is 5.12. The molecule has 1 aliphatic rings. The average molecular weight is 595 g/mol. The molecule has 1 saturated heterocycles. The Morgan fingerprint density at radius 2 is 1.81 bits per heavy atom. The standard InChI is InChI=1S/C24H27BrN4O7S/c1-2-3-12-24(23(26)34,18-6-4-5-7-19(18)25)29(15-21(31)32)22(33)17-10-8-16(9-11-17)13-28-14-20(30)27-37(28,35)36/h4-11H,2-3,12-15H2,1H3,(H2,26,34)(H,27,30)(H,31,32). The van der Waals surface area contributed by atoms with Gasteiger partial charge in [0.1, 0.15) is 12.1 Å². The van der Waals surface area contributed by atoms with Gasteiger partial charge in [0, 0.05) is 22.1 Å². The lowest BCUT2D eigenvalue weighted by Crippen LogP contribution is -2.58. The number of carbonyl (C=O) groups is 4. The van der Waals surface area contributed by atoms with Gasteiger partial charge in [0.2, 0.25) is 11.8 Å². The molecule has 3 rings (SSSR count). The SMILES string of the molecule is CCCCC(C(N)=O)(c1ccccc1Br)N(CC(=O)O)C(=O)c1ccc(CN2CC(=O)NS2(=O)=O)cc1. The van der Waals surface area contributed by atoms with Gasteiger partial charge in [-0.3, -0.25) is 19.2 Å². The molecule has 2 aromatic rings. The lowest BCUT2D eigenvalue weighted by molar-refractivity contribution is -0.141. The monoisotopic (exact) mass is 594 g/mol. The van der Waals surface area contributed by atoms with E-state index in [1.807, 2.05) is 11.6 Å². The van der Waals surface area contributed by atoms with E-state index >= 15 is 0 Å². The number of rotatable bonds is 11. The second kappa shape index (κ2) is 11.4. The zero-order chi connectivity index (χ0) is 27.4. The van der Waals surface area contributed by atoms with Crippen molar-refractivity contribution >= 4 is 49.8 Å². The summed E-state index contributed by atoms with van der Waals surface area (Å²) in [5, 5.41) is 9.69. The summed E-state index contributed by atoms with van der Waals surface area (Å²) in [6.45, 7) is 0.693. The first-order valence-electron chi connectivity index (χ1n) is 11.4. The van der Waals surface area contributed by atoms with Gasteiger partial charge in [-0.2, -0.15) is 12.7 Å². The molecule has 2 aromatic carbocycles. The molecule has 13 heteroatoms. The van der Waals surface area contributed by atoms with E-state index in [-0.39, 0.29) is 25.1 Å². The third kappa shape index (κ3) is 6.00. The molecule has 3 amide bonds. The van der Waals surface area contributed by atoms with Gasteiger partial charge in [0.15, 0.2) is 0 Å². The van der Waals surface area contributed by atoms with Crippen molar-refractivity contribution in [1.82, 2.24) is 13.9 Å². The fourth-order valence-corrected chi connectivity index (χ4v) is 5.99. The number of halogens is 1. The van der Waals surface area contributed by atoms with Crippen molar-refractivity contribution in [2.75, 3.05) is 13.1 Å². The molecule has 0 aliphatic carbocycles. The van der Waals surface area contributed by atoms with Gasteiger partial charge in [-0.25, -0.2) is 4.72 Å². The molecule has 4 N–H and O–H groups in total. The van der Waals surface area contributed by atoms with Crippen LogP contribution in [0.25, 0.3) is 0 Å². The Morgan fingerprint density at radius 3 is 2.32 bits per heavy atom. The lowest BCUT2D eigenvalue weighted by atomic mass is 9.81. The van der Waals surface area contributed by atoms with Crippen LogP contribution in [0.15, 0.2) is 53.0 Å². The van der Waals surface area contributed by atoms with Crippen LogP contribution in [-0.2, 0) is 36.7 Å². The Morgan fingerprint density at radius 1 is 1.16 bits per heavy atom. The summed E-state index contributed by atoms with van der Waals surface area (Å²) in [6.07, 6.45) is 1.26. The fourth-order valence-electron chi connectivity index (χ4n) is 4.29. The van der Waals surface area contributed by atoms with Crippen LogP contribution in [0, 0.1) is 0 Å². The molecule has 0 bridgehead atoms. The number of unbranched alkanes of at least 4 members (excludes halogenated alkanes) is 1. The van der Waals surface area contributed by atoms with Gasteiger partial charge >= 0.3 is 16.2 Å². The number of primary amides is 1. The Balaban J connectivity index is 2.03. The van der Waals surface area contributed by atoms with Gasteiger partial charge in [0.25, 0.3) is 5.91 Å². The molecule has 11 nitrogen and oxygen atoms in total. The van der Waals surface area contributed by atoms with Crippen LogP contribution in [0.4, 0.5) is 0 Å². The Hall–Kier alpha value is -3.29. The molecular formula is C24H27BrN4O7S. The molecule has 1 aliphatic heterocycles. The summed E-state index contributed by atoms with van der Waals surface area (Å²) < 4.78 is 27.3. The van der Waals surface area contributed by atoms with Crippen LogP contribution in [0.3, 0.4) is 0 Å². The van der Waals surface area contributed by atoms with Crippen molar-refractivity contribution in [3.63, 3.8) is 0 Å². The van der Waals surface area contributed by atoms with Crippen molar-refractivity contribution in [3.05, 3.63) is 69.7 Å². The van der Waals surface area contributed by atoms with Gasteiger partial charge in [0.05, 0.1) is 6.54 Å². The molecule has 0 saturated carbocycles. The van der Waals surface area contributed by atoms with Crippen molar-refractivity contribution in [1.29, 1.82) is 0 Å². The normalized spacial score (nSPS) is 16.5. The van der Waals surface area contributed by atoms with Crippen molar-refractivity contribution < 1.29 is 32.7 Å². The highest BCUT2D eigenvalue weighted by Crippen LogP contribution is 2.39. The number of nitrogens with one attached hydrogen (secondary N) is 1. The minimum Gasteiger partial charge on any atom is -0.480 e. The minimum absolute atomic E-state index is 0.0812. The van der Waals surface area contributed by atoms with Crippen molar-refractivity contribution in [2.24, 2.45) is 5.73 Å². The Bertz CT molecular complexity index is 1320. The third-order valence-electron chi connectivity index (χ3n) is 6.08. The maximum absolute atomic E-state index is 13.8. The van der Waals surface area contributed by atoms with E-state index in [4.69, 9.17) is 5.73 Å². The number of hydrogen-bond donors (Lipinski definition) is 3. The first-order valence-corrected chi connectivity index (χ1v) is 13.6. The van der Waals surface area contributed by atoms with Gasteiger partial charge in [-0.15, -0.1) is 0 Å². The van der Waals surface area contributed by atoms with E-state index in [1.54, 1.807) is 24.3 Å². The number of carboxylic acid groups (broad SMARTS) is 1. The maximum atomic E-state index is 13.8. The summed E-state index contributed by atoms with van der Waals surface area (Å²) in [4.78, 5) is 51.2. The van der Waals surface area contributed by atoms with Crippen molar-refractivity contribution in [2.45, 2.75) is 38.3 Å². The van der Waals surface area contributed by atoms with Crippen LogP contribution in [-0.4, -0.2) is 59.5 Å². The van der Waals surface area contributed by atoms with E-state index in [1.165, 1.54) is 24.3 Å². The average Bonchev–Trinajstić information content (AvgIpc) is 3.09. The molecule has 1 heterocycles. The number of benzene rings is 2. The van der Waals surface area contributed by atoms with Crippen LogP contribution in [0.2, 0.25) is 0 Å². The number of nitrogens with two attached hydrogens (primary N) is 1. The zero-order valence-corrected chi connectivity index (χ0v) is 22.4. The minimum atomic E-state index is -3.92. The van der Waals surface area contributed by atoms with Crippen molar-refractivity contribution in [3.8, 4) is 0 Å². The number of hydrogen-bond acceptors (Lipinski definition) is 6. The van der Waals surface area contributed by atoms with E-state index in [9.17, 15) is 32.7 Å². The number of nitrogens with zero attached hydrogens (tertiary/aromatic N) is 2. The highest BCUT2D eigenvalue weighted by atomic mass is 79.9. The summed E-state index contributed by atoms with van der Waals surface area (Å²) in [6, 6.07) is 12.5. The second-order valence-electron chi connectivity index (χ2n) is 8.59. The van der Waals surface area contributed by atoms with Crippen LogP contribution in [0.1, 0.15) is 47.7 Å². The predicted octanol–water partition coefficient (Wildman–Crippen LogP) is 1.72. The van der Waals surface area contributed by atoms with Crippen LogP contribution < -0.4 is 10.5 Å². The molecular weight excluding hydrogens is 568 g/mol. The number of amides is 3. The Labute approximate surface area is 222 Å². The molecule has 1 unspecified atom stereocenters. The molecule has 0 spiro atoms. The van der Waals surface area contributed by atoms with Gasteiger partial charge in [-0.1, -0.05) is 66.0 Å². The largest absolute Gasteiger partial charge is 0.480 e. The number of carbonyl (C=O) groups excluding carboxylic acids is 3. The summed E-state index contributed by atoms with van der Waals surface area (Å²) >= 11 is 3.42. The highest BCUT2D eigenvalue weighted by Gasteiger charge is 2.48. The van der Waals surface area contributed by atoms with E-state index in [2.05, 4.69) is 15.9 Å². The predicted molar refractivity (Wildman–Crippen MR) is 137 cm³/mol. The smallest absolute Gasteiger partial charge is 0.323 e. The maximum Gasteiger partial charge on any atom is 0.323 e. The summed E-state index contributed by atoms with van der Waals surface area (Å²) in [5.74, 6) is -3.56. The molecule has 0 aromatic heterocycles.